The summed E-state index contributed by atoms with van der Waals surface area (Å²) in [6.45, 7) is 5.62. The molecule has 0 radical (unpaired) electrons. The molecule has 3 N–H and O–H groups in total. The van der Waals surface area contributed by atoms with Gasteiger partial charge in [-0.05, 0) is 29.5 Å². The van der Waals surface area contributed by atoms with E-state index in [0.717, 1.165) is 5.56 Å². The van der Waals surface area contributed by atoms with Crippen molar-refractivity contribution in [3.63, 3.8) is 0 Å². The fourth-order valence-corrected chi connectivity index (χ4v) is 2.98. The minimum atomic E-state index is -3.93. The SMILES string of the molecule is CC(C)(C)c1ccc(S(=O)(=O)NC(CCO)C(=O)O)cc1. The normalized spacial score (nSPS) is 13.9. The van der Waals surface area contributed by atoms with Gasteiger partial charge in [0.15, 0.2) is 0 Å². The molecule has 0 saturated carbocycles. The van der Waals surface area contributed by atoms with Crippen molar-refractivity contribution in [3.05, 3.63) is 29.8 Å². The van der Waals surface area contributed by atoms with E-state index < -0.39 is 28.6 Å². The van der Waals surface area contributed by atoms with Gasteiger partial charge in [-0.3, -0.25) is 4.79 Å². The second-order valence-corrected chi connectivity index (χ2v) is 7.51. The van der Waals surface area contributed by atoms with Crippen LogP contribution in [0.15, 0.2) is 29.2 Å². The number of nitrogens with one attached hydrogen (secondary N) is 1. The van der Waals surface area contributed by atoms with Crippen LogP contribution >= 0.6 is 0 Å². The Labute approximate surface area is 124 Å². The summed E-state index contributed by atoms with van der Waals surface area (Å²) in [5.41, 5.74) is 0.877. The molecular weight excluding hydrogens is 294 g/mol. The maximum Gasteiger partial charge on any atom is 0.321 e. The predicted molar refractivity (Wildman–Crippen MR) is 78.6 cm³/mol. The smallest absolute Gasteiger partial charge is 0.321 e. The highest BCUT2D eigenvalue weighted by molar-refractivity contribution is 7.89. The Morgan fingerprint density at radius 3 is 2.14 bits per heavy atom. The maximum atomic E-state index is 12.1. The van der Waals surface area contributed by atoms with Gasteiger partial charge in [0, 0.05) is 6.61 Å². The zero-order valence-electron chi connectivity index (χ0n) is 12.3. The molecule has 1 atom stereocenters. The molecule has 1 aromatic rings. The molecule has 0 aromatic heterocycles. The van der Waals surface area contributed by atoms with Gasteiger partial charge >= 0.3 is 5.97 Å². The first-order chi connectivity index (χ1) is 9.58. The Hall–Kier alpha value is -1.44. The zero-order chi connectivity index (χ0) is 16.3. The number of carboxylic acids is 1. The van der Waals surface area contributed by atoms with Crippen LogP contribution in [-0.4, -0.2) is 37.2 Å². The summed E-state index contributed by atoms with van der Waals surface area (Å²) in [5.74, 6) is -1.32. The second-order valence-electron chi connectivity index (χ2n) is 5.80. The van der Waals surface area contributed by atoms with E-state index in [4.69, 9.17) is 10.2 Å². The Balaban J connectivity index is 3.00. The van der Waals surface area contributed by atoms with Crippen LogP contribution in [0.5, 0.6) is 0 Å². The van der Waals surface area contributed by atoms with Crippen LogP contribution in [0.1, 0.15) is 32.8 Å². The molecule has 0 bridgehead atoms. The van der Waals surface area contributed by atoms with E-state index in [1.807, 2.05) is 20.8 Å². The molecule has 0 spiro atoms. The number of hydrogen-bond donors (Lipinski definition) is 3. The molecule has 0 aliphatic rings. The average Bonchev–Trinajstić information content (AvgIpc) is 2.37. The molecule has 1 aromatic carbocycles. The molecule has 0 aliphatic heterocycles. The third kappa shape index (κ3) is 4.80. The largest absolute Gasteiger partial charge is 0.480 e. The van der Waals surface area contributed by atoms with Crippen LogP contribution in [0.25, 0.3) is 0 Å². The van der Waals surface area contributed by atoms with Gasteiger partial charge in [-0.2, -0.15) is 4.72 Å². The highest BCUT2D eigenvalue weighted by atomic mass is 32.2. The molecule has 1 rings (SSSR count). The Morgan fingerprint density at radius 1 is 1.24 bits per heavy atom. The van der Waals surface area contributed by atoms with Crippen molar-refractivity contribution < 1.29 is 23.4 Å². The first-order valence-corrected chi connectivity index (χ1v) is 8.03. The summed E-state index contributed by atoms with van der Waals surface area (Å²) in [7, 11) is -3.93. The maximum absolute atomic E-state index is 12.1. The number of aliphatic hydroxyl groups is 1. The van der Waals surface area contributed by atoms with E-state index in [2.05, 4.69) is 4.72 Å². The molecule has 0 heterocycles. The van der Waals surface area contributed by atoms with Crippen LogP contribution in [0.4, 0.5) is 0 Å². The first-order valence-electron chi connectivity index (χ1n) is 6.54. The molecular formula is C14H21NO5S. The lowest BCUT2D eigenvalue weighted by molar-refractivity contribution is -0.139. The molecule has 118 valence electrons. The van der Waals surface area contributed by atoms with Crippen molar-refractivity contribution in [3.8, 4) is 0 Å². The Morgan fingerprint density at radius 2 is 1.76 bits per heavy atom. The van der Waals surface area contributed by atoms with E-state index in [1.165, 1.54) is 12.1 Å². The van der Waals surface area contributed by atoms with Crippen LogP contribution in [0.3, 0.4) is 0 Å². The monoisotopic (exact) mass is 315 g/mol. The highest BCUT2D eigenvalue weighted by Gasteiger charge is 2.25. The van der Waals surface area contributed by atoms with Gasteiger partial charge in [-0.25, -0.2) is 8.42 Å². The summed E-state index contributed by atoms with van der Waals surface area (Å²) < 4.78 is 26.3. The minimum absolute atomic E-state index is 0.000287. The quantitative estimate of drug-likeness (QED) is 0.729. The van der Waals surface area contributed by atoms with Gasteiger partial charge in [0.1, 0.15) is 6.04 Å². The van der Waals surface area contributed by atoms with Crippen LogP contribution in [0.2, 0.25) is 0 Å². The predicted octanol–water partition coefficient (Wildman–Crippen LogP) is 1.10. The molecule has 21 heavy (non-hydrogen) atoms. The van der Waals surface area contributed by atoms with Gasteiger partial charge in [-0.15, -0.1) is 0 Å². The van der Waals surface area contributed by atoms with Crippen molar-refractivity contribution in [1.29, 1.82) is 0 Å². The number of rotatable bonds is 6. The second kappa shape index (κ2) is 6.55. The van der Waals surface area contributed by atoms with E-state index in [1.54, 1.807) is 12.1 Å². The summed E-state index contributed by atoms with van der Waals surface area (Å²) in [5, 5.41) is 17.7. The third-order valence-electron chi connectivity index (χ3n) is 3.04. The van der Waals surface area contributed by atoms with Crippen molar-refractivity contribution in [2.75, 3.05) is 6.61 Å². The van der Waals surface area contributed by atoms with Gasteiger partial charge in [0.05, 0.1) is 4.90 Å². The summed E-state index contributed by atoms with van der Waals surface area (Å²) in [6, 6.07) is 4.95. The molecule has 0 aliphatic carbocycles. The van der Waals surface area contributed by atoms with E-state index >= 15 is 0 Å². The lowest BCUT2D eigenvalue weighted by atomic mass is 9.87. The molecule has 0 saturated heterocycles. The number of sulfonamides is 1. The summed E-state index contributed by atoms with van der Waals surface area (Å²) in [4.78, 5) is 10.9. The summed E-state index contributed by atoms with van der Waals surface area (Å²) >= 11 is 0. The number of aliphatic hydroxyl groups excluding tert-OH is 1. The molecule has 6 nitrogen and oxygen atoms in total. The van der Waals surface area contributed by atoms with Gasteiger partial charge in [0.2, 0.25) is 10.0 Å². The molecule has 0 amide bonds. The minimum Gasteiger partial charge on any atom is -0.480 e. The lowest BCUT2D eigenvalue weighted by Gasteiger charge is -2.19. The van der Waals surface area contributed by atoms with Crippen LogP contribution < -0.4 is 4.72 Å². The molecule has 1 unspecified atom stereocenters. The zero-order valence-corrected chi connectivity index (χ0v) is 13.1. The number of hydrogen-bond acceptors (Lipinski definition) is 4. The first kappa shape index (κ1) is 17.6. The summed E-state index contributed by atoms with van der Waals surface area (Å²) in [6.07, 6.45) is -0.186. The van der Waals surface area contributed by atoms with Gasteiger partial charge < -0.3 is 10.2 Å². The van der Waals surface area contributed by atoms with E-state index in [-0.39, 0.29) is 16.7 Å². The van der Waals surface area contributed by atoms with Crippen molar-refractivity contribution in [1.82, 2.24) is 4.72 Å². The molecule has 7 heteroatoms. The van der Waals surface area contributed by atoms with E-state index in [9.17, 15) is 13.2 Å². The number of carbonyl (C=O) groups is 1. The van der Waals surface area contributed by atoms with Crippen molar-refractivity contribution >= 4 is 16.0 Å². The average molecular weight is 315 g/mol. The van der Waals surface area contributed by atoms with Crippen molar-refractivity contribution in [2.24, 2.45) is 0 Å². The van der Waals surface area contributed by atoms with E-state index in [0.29, 0.717) is 0 Å². The van der Waals surface area contributed by atoms with Gasteiger partial charge in [-0.1, -0.05) is 32.9 Å². The lowest BCUT2D eigenvalue weighted by Crippen LogP contribution is -2.41. The van der Waals surface area contributed by atoms with Gasteiger partial charge in [0.25, 0.3) is 0 Å². The fraction of sp³-hybridized carbons (Fsp3) is 0.500. The van der Waals surface area contributed by atoms with Crippen LogP contribution in [-0.2, 0) is 20.2 Å². The third-order valence-corrected chi connectivity index (χ3v) is 4.53. The Kier molecular flexibility index (Phi) is 5.49. The van der Waals surface area contributed by atoms with Crippen LogP contribution in [0, 0.1) is 0 Å². The standard InChI is InChI=1S/C14H21NO5S/c1-14(2,3)10-4-6-11(7-5-10)21(19,20)15-12(8-9-16)13(17)18/h4-7,12,15-16H,8-9H2,1-3H3,(H,17,18). The molecule has 0 fully saturated rings. The fourth-order valence-electron chi connectivity index (χ4n) is 1.75. The Bertz CT molecular complexity index is 587. The number of carboxylic acid groups (broad SMARTS) is 1. The number of benzene rings is 1. The highest BCUT2D eigenvalue weighted by Crippen LogP contribution is 2.23. The number of aliphatic carboxylic acids is 1. The van der Waals surface area contributed by atoms with Crippen molar-refractivity contribution in [2.45, 2.75) is 43.5 Å². The topological polar surface area (TPSA) is 104 Å².